The van der Waals surface area contributed by atoms with Crippen molar-refractivity contribution in [2.24, 2.45) is 5.92 Å². The standard InChI is InChI=1S/C9H9O2/c10-7-1-2-8-3-5-9(11)6-4-8/h1-3,5-6,8,11H,4H2. The first-order valence-corrected chi connectivity index (χ1v) is 3.44. The van der Waals surface area contributed by atoms with Gasteiger partial charge in [0.2, 0.25) is 6.29 Å². The van der Waals surface area contributed by atoms with Crippen LogP contribution in [0.5, 0.6) is 0 Å². The van der Waals surface area contributed by atoms with Gasteiger partial charge in [-0.05, 0) is 30.6 Å². The van der Waals surface area contributed by atoms with Crippen LogP contribution in [0.15, 0.2) is 36.1 Å². The SMILES string of the molecule is O=[C]C=CC1C=CC(O)=CC1. The minimum Gasteiger partial charge on any atom is -0.508 e. The van der Waals surface area contributed by atoms with Crippen molar-refractivity contribution in [1.82, 2.24) is 0 Å². The Morgan fingerprint density at radius 3 is 3.09 bits per heavy atom. The molecule has 0 aliphatic heterocycles. The highest BCUT2D eigenvalue weighted by molar-refractivity contribution is 5.65. The summed E-state index contributed by atoms with van der Waals surface area (Å²) in [4.78, 5) is 9.81. The van der Waals surface area contributed by atoms with Crippen molar-refractivity contribution in [2.75, 3.05) is 0 Å². The lowest BCUT2D eigenvalue weighted by Gasteiger charge is -2.07. The fraction of sp³-hybridized carbons (Fsp3) is 0.222. The number of aliphatic hydroxyl groups excluding tert-OH is 1. The second-order valence-electron chi connectivity index (χ2n) is 2.36. The van der Waals surface area contributed by atoms with E-state index in [-0.39, 0.29) is 5.92 Å². The Balaban J connectivity index is 2.49. The Hall–Kier alpha value is -1.31. The molecule has 57 valence electrons. The minimum absolute atomic E-state index is 0.229. The normalized spacial score (nSPS) is 23.6. The highest BCUT2D eigenvalue weighted by Crippen LogP contribution is 2.15. The van der Waals surface area contributed by atoms with Gasteiger partial charge in [0.05, 0.1) is 0 Å². The van der Waals surface area contributed by atoms with Crippen LogP contribution < -0.4 is 0 Å². The predicted molar refractivity (Wildman–Crippen MR) is 42.8 cm³/mol. The van der Waals surface area contributed by atoms with Gasteiger partial charge in [-0.1, -0.05) is 12.2 Å². The molecule has 2 heteroatoms. The Morgan fingerprint density at radius 1 is 1.73 bits per heavy atom. The number of hydrogen-bond donors (Lipinski definition) is 1. The summed E-state index contributed by atoms with van der Waals surface area (Å²) in [5, 5.41) is 8.93. The summed E-state index contributed by atoms with van der Waals surface area (Å²) >= 11 is 0. The van der Waals surface area contributed by atoms with E-state index in [1.54, 1.807) is 24.5 Å². The Labute approximate surface area is 65.5 Å². The van der Waals surface area contributed by atoms with Crippen LogP contribution in [0.3, 0.4) is 0 Å². The van der Waals surface area contributed by atoms with E-state index in [4.69, 9.17) is 5.11 Å². The molecule has 0 saturated carbocycles. The van der Waals surface area contributed by atoms with Crippen LogP contribution in [-0.4, -0.2) is 11.4 Å². The molecular weight excluding hydrogens is 140 g/mol. The first kappa shape index (κ1) is 7.79. The zero-order valence-corrected chi connectivity index (χ0v) is 6.03. The van der Waals surface area contributed by atoms with Crippen LogP contribution in [0, 0.1) is 5.92 Å². The molecule has 1 atom stereocenters. The molecule has 0 amide bonds. The van der Waals surface area contributed by atoms with Crippen LogP contribution in [0.4, 0.5) is 0 Å². The van der Waals surface area contributed by atoms with Gasteiger partial charge in [0, 0.05) is 0 Å². The van der Waals surface area contributed by atoms with Gasteiger partial charge in [0.15, 0.2) is 0 Å². The molecule has 0 aromatic heterocycles. The molecule has 0 aromatic carbocycles. The smallest absolute Gasteiger partial charge is 0.225 e. The van der Waals surface area contributed by atoms with Crippen molar-refractivity contribution in [3.05, 3.63) is 36.1 Å². The van der Waals surface area contributed by atoms with E-state index < -0.39 is 0 Å². The van der Waals surface area contributed by atoms with Crippen LogP contribution >= 0.6 is 0 Å². The summed E-state index contributed by atoms with van der Waals surface area (Å²) in [6.07, 6.45) is 10.7. The van der Waals surface area contributed by atoms with E-state index in [0.717, 1.165) is 6.42 Å². The Morgan fingerprint density at radius 2 is 2.55 bits per heavy atom. The van der Waals surface area contributed by atoms with Crippen LogP contribution in [-0.2, 0) is 4.79 Å². The van der Waals surface area contributed by atoms with Crippen molar-refractivity contribution in [1.29, 1.82) is 0 Å². The quantitative estimate of drug-likeness (QED) is 0.606. The summed E-state index contributed by atoms with van der Waals surface area (Å²) in [6, 6.07) is 0. The Bertz CT molecular complexity index is 224. The molecule has 0 fully saturated rings. The summed E-state index contributed by atoms with van der Waals surface area (Å²) in [5.41, 5.74) is 0. The first-order chi connectivity index (χ1) is 5.33. The van der Waals surface area contributed by atoms with E-state index >= 15 is 0 Å². The van der Waals surface area contributed by atoms with Crippen LogP contribution in [0.2, 0.25) is 0 Å². The van der Waals surface area contributed by atoms with Gasteiger partial charge in [-0.25, -0.2) is 0 Å². The summed E-state index contributed by atoms with van der Waals surface area (Å²) < 4.78 is 0. The molecule has 1 aliphatic rings. The average molecular weight is 149 g/mol. The van der Waals surface area contributed by atoms with E-state index in [0.29, 0.717) is 5.76 Å². The number of aliphatic hydroxyl groups is 1. The fourth-order valence-corrected chi connectivity index (χ4v) is 0.931. The van der Waals surface area contributed by atoms with Gasteiger partial charge >= 0.3 is 0 Å². The second-order valence-corrected chi connectivity index (χ2v) is 2.36. The van der Waals surface area contributed by atoms with Gasteiger partial charge in [-0.3, -0.25) is 4.79 Å². The fourth-order valence-electron chi connectivity index (χ4n) is 0.931. The highest BCUT2D eigenvalue weighted by Gasteiger charge is 2.02. The summed E-state index contributed by atoms with van der Waals surface area (Å²) in [6.45, 7) is 0. The third-order valence-corrected chi connectivity index (χ3v) is 1.52. The maximum atomic E-state index is 9.81. The lowest BCUT2D eigenvalue weighted by molar-refractivity contribution is 0.424. The largest absolute Gasteiger partial charge is 0.508 e. The molecule has 1 aliphatic carbocycles. The van der Waals surface area contributed by atoms with E-state index in [1.807, 2.05) is 6.08 Å². The molecule has 1 rings (SSSR count). The molecule has 2 nitrogen and oxygen atoms in total. The van der Waals surface area contributed by atoms with Gasteiger partial charge in [0.25, 0.3) is 0 Å². The number of hydrogen-bond acceptors (Lipinski definition) is 2. The van der Waals surface area contributed by atoms with Crippen molar-refractivity contribution in [2.45, 2.75) is 6.42 Å². The monoisotopic (exact) mass is 149 g/mol. The van der Waals surface area contributed by atoms with Crippen LogP contribution in [0.1, 0.15) is 6.42 Å². The Kier molecular flexibility index (Phi) is 2.66. The molecule has 0 heterocycles. The molecule has 0 saturated heterocycles. The van der Waals surface area contributed by atoms with E-state index in [1.165, 1.54) is 6.08 Å². The number of rotatable bonds is 2. The zero-order chi connectivity index (χ0) is 8.10. The van der Waals surface area contributed by atoms with Crippen molar-refractivity contribution >= 4 is 6.29 Å². The van der Waals surface area contributed by atoms with Crippen molar-refractivity contribution in [3.63, 3.8) is 0 Å². The average Bonchev–Trinajstić information content (AvgIpc) is 2.04. The summed E-state index contributed by atoms with van der Waals surface area (Å²) in [5.74, 6) is 0.525. The topological polar surface area (TPSA) is 37.3 Å². The molecule has 0 spiro atoms. The van der Waals surface area contributed by atoms with E-state index in [9.17, 15) is 4.79 Å². The maximum Gasteiger partial charge on any atom is 0.225 e. The van der Waals surface area contributed by atoms with Gasteiger partial charge < -0.3 is 5.11 Å². The zero-order valence-electron chi connectivity index (χ0n) is 6.03. The third kappa shape index (κ3) is 2.42. The first-order valence-electron chi connectivity index (χ1n) is 3.44. The molecule has 1 N–H and O–H groups in total. The molecule has 0 bridgehead atoms. The molecule has 1 radical (unpaired) electrons. The van der Waals surface area contributed by atoms with Gasteiger partial charge in [-0.15, -0.1) is 0 Å². The van der Waals surface area contributed by atoms with Crippen molar-refractivity contribution in [3.8, 4) is 0 Å². The number of carbonyl (C=O) groups excluding carboxylic acids is 1. The van der Waals surface area contributed by atoms with E-state index in [2.05, 4.69) is 0 Å². The lowest BCUT2D eigenvalue weighted by atomic mass is 10.00. The predicted octanol–water partition coefficient (Wildman–Crippen LogP) is 1.67. The van der Waals surface area contributed by atoms with Gasteiger partial charge in [0.1, 0.15) is 5.76 Å². The maximum absolute atomic E-state index is 9.81. The van der Waals surface area contributed by atoms with Crippen LogP contribution in [0.25, 0.3) is 0 Å². The number of allylic oxidation sites excluding steroid dienone is 5. The van der Waals surface area contributed by atoms with Crippen molar-refractivity contribution < 1.29 is 9.90 Å². The lowest BCUT2D eigenvalue weighted by Crippen LogP contribution is -1.95. The molecule has 0 aromatic rings. The third-order valence-electron chi connectivity index (χ3n) is 1.52. The van der Waals surface area contributed by atoms with Gasteiger partial charge in [-0.2, -0.15) is 0 Å². The minimum atomic E-state index is 0.229. The second kappa shape index (κ2) is 3.76. The molecule has 11 heavy (non-hydrogen) atoms. The molecular formula is C9H9O2. The summed E-state index contributed by atoms with van der Waals surface area (Å²) in [7, 11) is 0. The molecule has 1 unspecified atom stereocenters. The highest BCUT2D eigenvalue weighted by atomic mass is 16.3.